The van der Waals surface area contributed by atoms with E-state index in [4.69, 9.17) is 0 Å². The summed E-state index contributed by atoms with van der Waals surface area (Å²) in [7, 11) is 0. The molecule has 1 aromatic heterocycles. The molecular formula is C19H29NOS2. The summed E-state index contributed by atoms with van der Waals surface area (Å²) in [6, 6.07) is 0. The molecule has 23 heavy (non-hydrogen) atoms. The van der Waals surface area contributed by atoms with Gasteiger partial charge in [-0.05, 0) is 55.8 Å². The van der Waals surface area contributed by atoms with Crippen molar-refractivity contribution < 1.29 is 4.79 Å². The van der Waals surface area contributed by atoms with E-state index in [-0.39, 0.29) is 5.91 Å². The molecule has 128 valence electrons. The molecule has 1 amide bonds. The third-order valence-corrected chi connectivity index (χ3v) is 7.68. The molecule has 0 radical (unpaired) electrons. The first-order valence-electron chi connectivity index (χ1n) is 9.23. The highest BCUT2D eigenvalue weighted by Crippen LogP contribution is 2.32. The molecule has 2 nitrogen and oxygen atoms in total. The van der Waals surface area contributed by atoms with Crippen LogP contribution in [0.4, 0.5) is 0 Å². The fraction of sp³-hybridized carbons (Fsp3) is 0.737. The van der Waals surface area contributed by atoms with Gasteiger partial charge < -0.3 is 5.32 Å². The Labute approximate surface area is 148 Å². The van der Waals surface area contributed by atoms with Gasteiger partial charge in [-0.25, -0.2) is 0 Å². The fourth-order valence-electron chi connectivity index (χ4n) is 3.72. The second kappa shape index (κ2) is 8.57. The van der Waals surface area contributed by atoms with Crippen molar-refractivity contribution in [2.45, 2.75) is 70.0 Å². The first-order chi connectivity index (χ1) is 11.2. The van der Waals surface area contributed by atoms with Crippen molar-refractivity contribution in [1.29, 1.82) is 0 Å². The molecular weight excluding hydrogens is 322 g/mol. The van der Waals surface area contributed by atoms with Gasteiger partial charge >= 0.3 is 0 Å². The Kier molecular flexibility index (Phi) is 6.46. The lowest BCUT2D eigenvalue weighted by Crippen LogP contribution is -2.26. The van der Waals surface area contributed by atoms with E-state index in [2.05, 4.69) is 29.4 Å². The summed E-state index contributed by atoms with van der Waals surface area (Å²) in [6.07, 6.45) is 11.6. The first-order valence-corrected chi connectivity index (χ1v) is 11.2. The molecule has 0 bridgehead atoms. The number of fused-ring (bicyclic) bond motifs is 1. The van der Waals surface area contributed by atoms with Crippen LogP contribution in [-0.2, 0) is 12.8 Å². The van der Waals surface area contributed by atoms with Crippen LogP contribution in [0.25, 0.3) is 0 Å². The Hall–Kier alpha value is -0.480. The van der Waals surface area contributed by atoms with Crippen molar-refractivity contribution in [3.63, 3.8) is 0 Å². The number of rotatable bonds is 6. The van der Waals surface area contributed by atoms with Crippen molar-refractivity contribution in [1.82, 2.24) is 5.32 Å². The normalized spacial score (nSPS) is 21.9. The standard InChI is InChI=1S/C19H29NOS2/c1-14-8-9-16-17(13-23-18(16)12-14)19(21)20-10-5-11-22-15-6-3-2-4-7-15/h13-15H,2-12H2,1H3,(H,20,21). The average Bonchev–Trinajstić information content (AvgIpc) is 2.98. The van der Waals surface area contributed by atoms with E-state index in [9.17, 15) is 4.79 Å². The zero-order valence-electron chi connectivity index (χ0n) is 14.2. The molecule has 1 aromatic rings. The van der Waals surface area contributed by atoms with Crippen molar-refractivity contribution in [2.75, 3.05) is 12.3 Å². The van der Waals surface area contributed by atoms with Crippen LogP contribution >= 0.6 is 23.1 Å². The van der Waals surface area contributed by atoms with Crippen molar-refractivity contribution in [3.05, 3.63) is 21.4 Å². The minimum atomic E-state index is 0.153. The molecule has 1 unspecified atom stereocenters. The second-order valence-corrected chi connectivity index (χ2v) is 9.51. The van der Waals surface area contributed by atoms with Crippen molar-refractivity contribution >= 4 is 29.0 Å². The van der Waals surface area contributed by atoms with Crippen LogP contribution in [0.15, 0.2) is 5.38 Å². The molecule has 2 aliphatic rings. The SMILES string of the molecule is CC1CCc2c(C(=O)NCCCSC3CCCCC3)csc2C1. The number of thiophene rings is 1. The molecule has 3 rings (SSSR count). The zero-order chi connectivity index (χ0) is 16.1. The van der Waals surface area contributed by atoms with Gasteiger partial charge in [0.2, 0.25) is 0 Å². The maximum absolute atomic E-state index is 12.4. The maximum atomic E-state index is 12.4. The summed E-state index contributed by atoms with van der Waals surface area (Å²) in [5, 5.41) is 6.10. The van der Waals surface area contributed by atoms with Gasteiger partial charge in [-0.2, -0.15) is 11.8 Å². The lowest BCUT2D eigenvalue weighted by atomic mass is 9.88. The number of amides is 1. The highest BCUT2D eigenvalue weighted by molar-refractivity contribution is 7.99. The minimum Gasteiger partial charge on any atom is -0.352 e. The van der Waals surface area contributed by atoms with E-state index in [1.54, 1.807) is 11.3 Å². The van der Waals surface area contributed by atoms with Crippen molar-refractivity contribution in [3.8, 4) is 0 Å². The Balaban J connectivity index is 1.38. The highest BCUT2D eigenvalue weighted by atomic mass is 32.2. The van der Waals surface area contributed by atoms with E-state index in [1.165, 1.54) is 54.7 Å². The Morgan fingerprint density at radius 1 is 1.30 bits per heavy atom. The summed E-state index contributed by atoms with van der Waals surface area (Å²) in [4.78, 5) is 13.9. The lowest BCUT2D eigenvalue weighted by molar-refractivity contribution is 0.0953. The lowest BCUT2D eigenvalue weighted by Gasteiger charge is -2.21. The number of carbonyl (C=O) groups excluding carboxylic acids is 1. The summed E-state index contributed by atoms with van der Waals surface area (Å²) < 4.78 is 0. The van der Waals surface area contributed by atoms with Gasteiger partial charge in [0.1, 0.15) is 0 Å². The van der Waals surface area contributed by atoms with E-state index >= 15 is 0 Å². The zero-order valence-corrected chi connectivity index (χ0v) is 15.9. The Bertz CT molecular complexity index is 519. The smallest absolute Gasteiger partial charge is 0.252 e. The molecule has 0 aromatic carbocycles. The fourth-order valence-corrected chi connectivity index (χ4v) is 6.27. The van der Waals surface area contributed by atoms with Crippen LogP contribution in [0, 0.1) is 5.92 Å². The van der Waals surface area contributed by atoms with E-state index in [0.29, 0.717) is 0 Å². The second-order valence-electron chi connectivity index (χ2n) is 7.14. The number of thioether (sulfide) groups is 1. The molecule has 0 aliphatic heterocycles. The summed E-state index contributed by atoms with van der Waals surface area (Å²) in [6.45, 7) is 3.13. The van der Waals surface area contributed by atoms with Crippen LogP contribution in [0.2, 0.25) is 0 Å². The molecule has 0 spiro atoms. The molecule has 1 heterocycles. The van der Waals surface area contributed by atoms with E-state index in [1.807, 2.05) is 0 Å². The Morgan fingerprint density at radius 3 is 2.96 bits per heavy atom. The van der Waals surface area contributed by atoms with E-state index in [0.717, 1.165) is 42.5 Å². The molecule has 4 heteroatoms. The van der Waals surface area contributed by atoms with Crippen LogP contribution in [0.1, 0.15) is 72.7 Å². The summed E-state index contributed by atoms with van der Waals surface area (Å²) in [5.74, 6) is 2.11. The number of nitrogens with one attached hydrogen (secondary N) is 1. The van der Waals surface area contributed by atoms with Gasteiger partial charge in [-0.1, -0.05) is 26.2 Å². The first kappa shape index (κ1) is 17.3. The molecule has 1 N–H and O–H groups in total. The molecule has 0 saturated heterocycles. The quantitative estimate of drug-likeness (QED) is 0.726. The van der Waals surface area contributed by atoms with Crippen LogP contribution in [0.5, 0.6) is 0 Å². The highest BCUT2D eigenvalue weighted by Gasteiger charge is 2.22. The van der Waals surface area contributed by atoms with Crippen LogP contribution in [0.3, 0.4) is 0 Å². The number of carbonyl (C=O) groups is 1. The van der Waals surface area contributed by atoms with E-state index < -0.39 is 0 Å². The third-order valence-electron chi connectivity index (χ3n) is 5.16. The van der Waals surface area contributed by atoms with Crippen molar-refractivity contribution in [2.24, 2.45) is 5.92 Å². The van der Waals surface area contributed by atoms with Gasteiger partial charge in [0.05, 0.1) is 5.56 Å². The third kappa shape index (κ3) is 4.76. The van der Waals surface area contributed by atoms with Gasteiger partial charge in [0.25, 0.3) is 5.91 Å². The van der Waals surface area contributed by atoms with Gasteiger partial charge in [-0.15, -0.1) is 11.3 Å². The van der Waals surface area contributed by atoms with Crippen LogP contribution < -0.4 is 5.32 Å². The minimum absolute atomic E-state index is 0.153. The summed E-state index contributed by atoms with van der Waals surface area (Å²) in [5.41, 5.74) is 2.29. The van der Waals surface area contributed by atoms with Gasteiger partial charge in [-0.3, -0.25) is 4.79 Å². The predicted molar refractivity (Wildman–Crippen MR) is 102 cm³/mol. The predicted octanol–water partition coefficient (Wildman–Crippen LogP) is 5.06. The Morgan fingerprint density at radius 2 is 2.13 bits per heavy atom. The van der Waals surface area contributed by atoms with Crippen LogP contribution in [-0.4, -0.2) is 23.5 Å². The maximum Gasteiger partial charge on any atom is 0.252 e. The summed E-state index contributed by atoms with van der Waals surface area (Å²) >= 11 is 3.90. The topological polar surface area (TPSA) is 29.1 Å². The molecule has 2 aliphatic carbocycles. The number of hydrogen-bond donors (Lipinski definition) is 1. The van der Waals surface area contributed by atoms with Gasteiger partial charge in [0.15, 0.2) is 0 Å². The average molecular weight is 352 g/mol. The monoisotopic (exact) mass is 351 g/mol. The molecule has 1 fully saturated rings. The number of hydrogen-bond acceptors (Lipinski definition) is 3. The molecule has 1 saturated carbocycles. The largest absolute Gasteiger partial charge is 0.352 e. The molecule has 1 atom stereocenters. The van der Waals surface area contributed by atoms with Gasteiger partial charge in [0, 0.05) is 22.1 Å².